The van der Waals surface area contributed by atoms with E-state index in [0.717, 1.165) is 70.6 Å². The van der Waals surface area contributed by atoms with E-state index < -0.39 is 0 Å². The molecule has 1 amide bonds. The number of nitrogens with one attached hydrogen (secondary N) is 2. The normalized spacial score (nSPS) is 19.6. The van der Waals surface area contributed by atoms with Crippen molar-refractivity contribution in [1.29, 1.82) is 0 Å². The lowest BCUT2D eigenvalue weighted by Crippen LogP contribution is -2.38. The van der Waals surface area contributed by atoms with Crippen LogP contribution in [0.2, 0.25) is 0 Å². The van der Waals surface area contributed by atoms with Gasteiger partial charge in [-0.3, -0.25) is 9.69 Å². The molecule has 0 bridgehead atoms. The van der Waals surface area contributed by atoms with Gasteiger partial charge in [-0.1, -0.05) is 6.92 Å². The molecule has 1 unspecified atom stereocenters. The standard InChI is InChI=1S/C21H33N3O4S/c1-3-28-21(26)19-16-6-5-15(2)13-17(16)29-20(19)23-18(25)14-22-7-4-8-24-9-11-27-12-10-24/h15,22H,3-14H2,1-2H3,(H,23,25). The molecule has 162 valence electrons. The molecule has 1 atom stereocenters. The van der Waals surface area contributed by atoms with Crippen molar-refractivity contribution in [3.05, 3.63) is 16.0 Å². The predicted octanol–water partition coefficient (Wildman–Crippen LogP) is 2.30. The highest BCUT2D eigenvalue weighted by Crippen LogP contribution is 2.40. The second-order valence-electron chi connectivity index (χ2n) is 7.81. The van der Waals surface area contributed by atoms with Gasteiger partial charge in [-0.05, 0) is 57.2 Å². The van der Waals surface area contributed by atoms with Crippen LogP contribution in [0.1, 0.15) is 47.5 Å². The Bertz CT molecular complexity index is 700. The summed E-state index contributed by atoms with van der Waals surface area (Å²) in [5.74, 6) is 0.162. The average Bonchev–Trinajstić information content (AvgIpc) is 3.05. The van der Waals surface area contributed by atoms with Gasteiger partial charge >= 0.3 is 5.97 Å². The summed E-state index contributed by atoms with van der Waals surface area (Å²) in [4.78, 5) is 28.5. The van der Waals surface area contributed by atoms with E-state index in [1.54, 1.807) is 6.92 Å². The van der Waals surface area contributed by atoms with Gasteiger partial charge in [0.1, 0.15) is 5.00 Å². The highest BCUT2D eigenvalue weighted by Gasteiger charge is 2.29. The van der Waals surface area contributed by atoms with Crippen molar-refractivity contribution in [1.82, 2.24) is 10.2 Å². The smallest absolute Gasteiger partial charge is 0.341 e. The van der Waals surface area contributed by atoms with Crippen LogP contribution in [0.4, 0.5) is 5.00 Å². The Morgan fingerprint density at radius 1 is 1.31 bits per heavy atom. The Balaban J connectivity index is 1.50. The molecule has 1 aromatic rings. The second kappa shape index (κ2) is 11.1. The lowest BCUT2D eigenvalue weighted by Gasteiger charge is -2.26. The molecule has 0 radical (unpaired) electrons. The molecule has 0 aromatic carbocycles. The Morgan fingerprint density at radius 2 is 2.10 bits per heavy atom. The van der Waals surface area contributed by atoms with E-state index in [4.69, 9.17) is 9.47 Å². The maximum Gasteiger partial charge on any atom is 0.341 e. The fraction of sp³-hybridized carbons (Fsp3) is 0.714. The SMILES string of the molecule is CCOC(=O)c1c(NC(=O)CNCCCN2CCOCC2)sc2c1CCC(C)C2. The van der Waals surface area contributed by atoms with Gasteiger partial charge in [-0.25, -0.2) is 4.79 Å². The van der Waals surface area contributed by atoms with Crippen LogP contribution >= 0.6 is 11.3 Å². The largest absolute Gasteiger partial charge is 0.462 e. The van der Waals surface area contributed by atoms with Gasteiger partial charge in [-0.2, -0.15) is 0 Å². The van der Waals surface area contributed by atoms with Crippen LogP contribution in [0.5, 0.6) is 0 Å². The minimum Gasteiger partial charge on any atom is -0.462 e. The van der Waals surface area contributed by atoms with Crippen molar-refractivity contribution >= 4 is 28.2 Å². The number of morpholine rings is 1. The van der Waals surface area contributed by atoms with E-state index in [2.05, 4.69) is 22.5 Å². The predicted molar refractivity (Wildman–Crippen MR) is 115 cm³/mol. The topological polar surface area (TPSA) is 79.9 Å². The Labute approximate surface area is 177 Å². The minimum absolute atomic E-state index is 0.117. The number of carbonyl (C=O) groups excluding carboxylic acids is 2. The van der Waals surface area contributed by atoms with Gasteiger partial charge in [0.25, 0.3) is 0 Å². The van der Waals surface area contributed by atoms with E-state index in [1.165, 1.54) is 16.2 Å². The molecule has 3 rings (SSSR count). The highest BCUT2D eigenvalue weighted by molar-refractivity contribution is 7.17. The number of esters is 1. The zero-order valence-corrected chi connectivity index (χ0v) is 18.4. The Hall–Kier alpha value is -1.48. The summed E-state index contributed by atoms with van der Waals surface area (Å²) in [6, 6.07) is 0. The molecule has 29 heavy (non-hydrogen) atoms. The molecule has 7 nitrogen and oxygen atoms in total. The summed E-state index contributed by atoms with van der Waals surface area (Å²) in [5.41, 5.74) is 1.64. The van der Waals surface area contributed by atoms with E-state index in [9.17, 15) is 9.59 Å². The number of hydrogen-bond donors (Lipinski definition) is 2. The van der Waals surface area contributed by atoms with Crippen molar-refractivity contribution in [2.45, 2.75) is 39.5 Å². The number of amides is 1. The summed E-state index contributed by atoms with van der Waals surface area (Å²) in [7, 11) is 0. The van der Waals surface area contributed by atoms with Gasteiger partial charge in [0.2, 0.25) is 5.91 Å². The van der Waals surface area contributed by atoms with Crippen LogP contribution in [0.25, 0.3) is 0 Å². The van der Waals surface area contributed by atoms with Gasteiger partial charge in [-0.15, -0.1) is 11.3 Å². The minimum atomic E-state index is -0.326. The van der Waals surface area contributed by atoms with E-state index >= 15 is 0 Å². The van der Waals surface area contributed by atoms with Crippen LogP contribution in [0.3, 0.4) is 0 Å². The number of hydrogen-bond acceptors (Lipinski definition) is 7. The number of rotatable bonds is 9. The number of ether oxygens (including phenoxy) is 2. The third kappa shape index (κ3) is 6.25. The molecule has 0 saturated carbocycles. The average molecular weight is 424 g/mol. The molecule has 1 aliphatic heterocycles. The second-order valence-corrected chi connectivity index (χ2v) is 8.91. The summed E-state index contributed by atoms with van der Waals surface area (Å²) < 4.78 is 10.6. The molecule has 2 N–H and O–H groups in total. The van der Waals surface area contributed by atoms with Crippen molar-refractivity contribution in [3.8, 4) is 0 Å². The maximum atomic E-state index is 12.5. The lowest BCUT2D eigenvalue weighted by molar-refractivity contribution is -0.115. The van der Waals surface area contributed by atoms with Crippen molar-refractivity contribution < 1.29 is 19.1 Å². The Morgan fingerprint density at radius 3 is 2.86 bits per heavy atom. The molecular formula is C21H33N3O4S. The lowest BCUT2D eigenvalue weighted by atomic mass is 9.88. The molecule has 2 aliphatic rings. The molecular weight excluding hydrogens is 390 g/mol. The van der Waals surface area contributed by atoms with Gasteiger partial charge < -0.3 is 20.1 Å². The molecule has 1 aliphatic carbocycles. The third-order valence-corrected chi connectivity index (χ3v) is 6.63. The molecule has 1 aromatic heterocycles. The number of carbonyl (C=O) groups is 2. The van der Waals surface area contributed by atoms with Crippen molar-refractivity contribution in [2.24, 2.45) is 5.92 Å². The van der Waals surface area contributed by atoms with Crippen LogP contribution in [-0.2, 0) is 27.1 Å². The Kier molecular flexibility index (Phi) is 8.47. The summed E-state index contributed by atoms with van der Waals surface area (Å²) in [6.45, 7) is 9.99. The third-order valence-electron chi connectivity index (χ3n) is 5.46. The summed E-state index contributed by atoms with van der Waals surface area (Å²) >= 11 is 1.53. The van der Waals surface area contributed by atoms with Crippen LogP contribution in [-0.4, -0.2) is 69.3 Å². The van der Waals surface area contributed by atoms with E-state index in [1.807, 2.05) is 0 Å². The monoisotopic (exact) mass is 423 g/mol. The number of anilines is 1. The molecule has 2 heterocycles. The van der Waals surface area contributed by atoms with Gasteiger partial charge in [0, 0.05) is 18.0 Å². The molecule has 0 spiro atoms. The van der Waals surface area contributed by atoms with Gasteiger partial charge in [0.15, 0.2) is 0 Å². The molecule has 1 saturated heterocycles. The van der Waals surface area contributed by atoms with E-state index in [-0.39, 0.29) is 18.4 Å². The van der Waals surface area contributed by atoms with Crippen molar-refractivity contribution in [3.63, 3.8) is 0 Å². The van der Waals surface area contributed by atoms with Crippen LogP contribution in [0, 0.1) is 5.92 Å². The summed E-state index contributed by atoms with van der Waals surface area (Å²) in [6.07, 6.45) is 3.89. The first kappa shape index (κ1) is 22.2. The number of nitrogens with zero attached hydrogens (tertiary/aromatic N) is 1. The zero-order valence-electron chi connectivity index (χ0n) is 17.6. The van der Waals surface area contributed by atoms with Crippen LogP contribution in [0.15, 0.2) is 0 Å². The summed E-state index contributed by atoms with van der Waals surface area (Å²) in [5, 5.41) is 6.80. The van der Waals surface area contributed by atoms with Gasteiger partial charge in [0.05, 0.1) is 31.9 Å². The van der Waals surface area contributed by atoms with Crippen molar-refractivity contribution in [2.75, 3.05) is 57.9 Å². The number of thiophene rings is 1. The highest BCUT2D eigenvalue weighted by atomic mass is 32.1. The quantitative estimate of drug-likeness (QED) is 0.469. The first-order chi connectivity index (χ1) is 14.1. The fourth-order valence-electron chi connectivity index (χ4n) is 3.88. The molecule has 1 fully saturated rings. The fourth-order valence-corrected chi connectivity index (χ4v) is 5.30. The first-order valence-electron chi connectivity index (χ1n) is 10.7. The van der Waals surface area contributed by atoms with E-state index in [0.29, 0.717) is 23.1 Å². The maximum absolute atomic E-state index is 12.5. The first-order valence-corrected chi connectivity index (χ1v) is 11.5. The number of fused-ring (bicyclic) bond motifs is 1. The molecule has 8 heteroatoms. The van der Waals surface area contributed by atoms with Crippen LogP contribution < -0.4 is 10.6 Å². The zero-order chi connectivity index (χ0) is 20.6.